The van der Waals surface area contributed by atoms with Gasteiger partial charge in [0.2, 0.25) is 6.54 Å². The third-order valence-electron chi connectivity index (χ3n) is 8.59. The predicted octanol–water partition coefficient (Wildman–Crippen LogP) is 3.61. The van der Waals surface area contributed by atoms with Crippen molar-refractivity contribution in [3.63, 3.8) is 0 Å². The van der Waals surface area contributed by atoms with Gasteiger partial charge >= 0.3 is 18.2 Å². The molecule has 13 nitrogen and oxygen atoms in total. The molecule has 2 saturated heterocycles. The lowest BCUT2D eigenvalue weighted by Crippen LogP contribution is -2.57. The summed E-state index contributed by atoms with van der Waals surface area (Å²) in [6.07, 6.45) is 0.699. The van der Waals surface area contributed by atoms with Gasteiger partial charge in [-0.05, 0) is 46.2 Å². The van der Waals surface area contributed by atoms with E-state index < -0.39 is 17.8 Å². The van der Waals surface area contributed by atoms with Crippen molar-refractivity contribution >= 4 is 18.0 Å². The second-order valence-electron chi connectivity index (χ2n) is 13.1. The molecule has 0 bridgehead atoms. The number of nitrogens with zero attached hydrogens (tertiary/aromatic N) is 7. The monoisotopic (exact) mass is 635 g/mol. The summed E-state index contributed by atoms with van der Waals surface area (Å²) in [5.41, 5.74) is 1.91. The molecule has 0 unspecified atom stereocenters. The van der Waals surface area contributed by atoms with Crippen LogP contribution in [0, 0.1) is 6.57 Å². The number of amides is 2. The number of carbonyl (C=O) groups is 2. The molecule has 0 N–H and O–H groups in total. The Labute approximate surface area is 271 Å². The molecule has 0 spiro atoms. The number of methoxy groups -OCH3 is 1. The first-order valence-electron chi connectivity index (χ1n) is 15.8. The Morgan fingerprint density at radius 3 is 2.52 bits per heavy atom. The van der Waals surface area contributed by atoms with Crippen molar-refractivity contribution in [3.05, 3.63) is 58.6 Å². The molecule has 1 aromatic heterocycles. The summed E-state index contributed by atoms with van der Waals surface area (Å²) >= 11 is 0. The summed E-state index contributed by atoms with van der Waals surface area (Å²) in [7, 11) is 3.77. The number of rotatable bonds is 8. The van der Waals surface area contributed by atoms with Gasteiger partial charge in [0, 0.05) is 51.4 Å². The minimum absolute atomic E-state index is 0.141. The van der Waals surface area contributed by atoms with Crippen LogP contribution in [-0.2, 0) is 33.8 Å². The third kappa shape index (κ3) is 8.16. The topological polar surface area (TPSA) is 114 Å². The van der Waals surface area contributed by atoms with Crippen LogP contribution in [0.3, 0.4) is 0 Å². The molecule has 4 heterocycles. The molecule has 46 heavy (non-hydrogen) atoms. The number of benzene rings is 1. The number of aromatic nitrogens is 2. The van der Waals surface area contributed by atoms with Crippen molar-refractivity contribution in [2.24, 2.45) is 0 Å². The number of likely N-dealkylation sites (N-methyl/N-ethyl adjacent to an activating group) is 1. The first-order valence-corrected chi connectivity index (χ1v) is 15.8. The lowest BCUT2D eigenvalue weighted by molar-refractivity contribution is 0.0155. The second kappa shape index (κ2) is 14.5. The van der Waals surface area contributed by atoms with E-state index in [1.165, 1.54) is 0 Å². The van der Waals surface area contributed by atoms with Gasteiger partial charge in [0.1, 0.15) is 30.7 Å². The highest BCUT2D eigenvalue weighted by molar-refractivity contribution is 5.70. The van der Waals surface area contributed by atoms with Crippen LogP contribution in [0.4, 0.5) is 15.4 Å². The Hall–Kier alpha value is -4.15. The average Bonchev–Trinajstić information content (AvgIpc) is 3.41. The third-order valence-corrected chi connectivity index (χ3v) is 8.59. The van der Waals surface area contributed by atoms with E-state index in [0.29, 0.717) is 50.7 Å². The van der Waals surface area contributed by atoms with Gasteiger partial charge in [0.05, 0.1) is 18.3 Å². The van der Waals surface area contributed by atoms with Crippen LogP contribution < -0.4 is 9.64 Å². The molecular weight excluding hydrogens is 590 g/mol. The van der Waals surface area contributed by atoms with Gasteiger partial charge in [-0.3, -0.25) is 9.80 Å². The van der Waals surface area contributed by atoms with E-state index in [9.17, 15) is 9.59 Å². The van der Waals surface area contributed by atoms with Crippen molar-refractivity contribution < 1.29 is 28.5 Å². The predicted molar refractivity (Wildman–Crippen MR) is 171 cm³/mol. The molecule has 3 aliphatic heterocycles. The Morgan fingerprint density at radius 2 is 1.83 bits per heavy atom. The van der Waals surface area contributed by atoms with Crippen LogP contribution in [0.2, 0.25) is 0 Å². The maximum atomic E-state index is 13.1. The number of anilines is 1. The molecule has 1 aromatic carbocycles. The summed E-state index contributed by atoms with van der Waals surface area (Å²) in [5.74, 6) is 0.714. The van der Waals surface area contributed by atoms with E-state index >= 15 is 0 Å². The zero-order valence-electron chi connectivity index (χ0n) is 27.5. The van der Waals surface area contributed by atoms with Crippen LogP contribution in [0.1, 0.15) is 44.0 Å². The van der Waals surface area contributed by atoms with Gasteiger partial charge in [-0.2, -0.15) is 9.97 Å². The lowest BCUT2D eigenvalue weighted by Gasteiger charge is -2.41. The number of likely N-dealkylation sites (tertiary alicyclic amines) is 1. The van der Waals surface area contributed by atoms with E-state index in [2.05, 4.69) is 14.6 Å². The first-order chi connectivity index (χ1) is 22.0. The molecule has 5 rings (SSSR count). The number of ether oxygens (including phenoxy) is 4. The number of hydrogen-bond acceptors (Lipinski definition) is 10. The van der Waals surface area contributed by atoms with E-state index in [1.807, 2.05) is 58.2 Å². The maximum absolute atomic E-state index is 13.1. The number of piperazine rings is 1. The van der Waals surface area contributed by atoms with E-state index in [-0.39, 0.29) is 43.9 Å². The minimum atomic E-state index is -0.639. The zero-order valence-corrected chi connectivity index (χ0v) is 27.5. The Kier molecular flexibility index (Phi) is 10.5. The van der Waals surface area contributed by atoms with Crippen LogP contribution >= 0.6 is 0 Å². The van der Waals surface area contributed by atoms with Gasteiger partial charge in [-0.1, -0.05) is 30.3 Å². The highest BCUT2D eigenvalue weighted by atomic mass is 16.6. The standard InChI is InChI=1S/C33H45N7O6/c1-33(2,3)46-32(42)40-15-14-38(18-25(40)17-34-4)29-27-12-13-39(31(41)45-21-23-10-8-7-9-11-23)20-28(27)35-30(36-29)44-22-24-16-26(43-6)19-37(24)5/h7-11,24-26H,12-22H2,1-3,5-6H3/t24-,25-,26+/m0/s1. The van der Waals surface area contributed by atoms with Crippen molar-refractivity contribution in [1.29, 1.82) is 0 Å². The van der Waals surface area contributed by atoms with Gasteiger partial charge in [-0.25, -0.2) is 16.2 Å². The van der Waals surface area contributed by atoms with Crippen molar-refractivity contribution in [3.8, 4) is 6.01 Å². The molecule has 13 heteroatoms. The molecule has 3 aliphatic rings. The van der Waals surface area contributed by atoms with Gasteiger partial charge in [0.15, 0.2) is 0 Å². The van der Waals surface area contributed by atoms with Crippen LogP contribution in [0.5, 0.6) is 6.01 Å². The number of hydrogen-bond donors (Lipinski definition) is 0. The normalized spacial score (nSPS) is 21.8. The van der Waals surface area contributed by atoms with Gasteiger partial charge in [0.25, 0.3) is 0 Å². The fourth-order valence-corrected chi connectivity index (χ4v) is 6.12. The summed E-state index contributed by atoms with van der Waals surface area (Å²) < 4.78 is 23.1. The van der Waals surface area contributed by atoms with Crippen molar-refractivity contribution in [1.82, 2.24) is 24.7 Å². The molecule has 2 amide bonds. The largest absolute Gasteiger partial charge is 0.462 e. The molecule has 2 fully saturated rings. The SMILES string of the molecule is [C-]#[N+]C[C@H]1CN(c2nc(OC[C@@H]3C[C@@H](OC)CN3C)nc3c2CCN(C(=O)OCc2ccccc2)C3)CCN1C(=O)OC(C)(C)C. The van der Waals surface area contributed by atoms with Gasteiger partial charge in [-0.15, -0.1) is 0 Å². The highest BCUT2D eigenvalue weighted by Crippen LogP contribution is 2.31. The minimum Gasteiger partial charge on any atom is -0.462 e. The van der Waals surface area contributed by atoms with E-state index in [0.717, 1.165) is 24.1 Å². The molecule has 3 atom stereocenters. The smallest absolute Gasteiger partial charge is 0.410 e. The lowest BCUT2D eigenvalue weighted by atomic mass is 10.0. The summed E-state index contributed by atoms with van der Waals surface area (Å²) in [4.78, 5) is 47.1. The maximum Gasteiger partial charge on any atom is 0.410 e. The van der Waals surface area contributed by atoms with Crippen LogP contribution in [0.25, 0.3) is 4.85 Å². The molecule has 2 aromatic rings. The van der Waals surface area contributed by atoms with E-state index in [4.69, 9.17) is 35.5 Å². The number of carbonyl (C=O) groups excluding carboxylic acids is 2. The molecule has 0 saturated carbocycles. The first kappa shape index (κ1) is 33.2. The fraction of sp³-hybridized carbons (Fsp3) is 0.606. The molecule has 0 radical (unpaired) electrons. The van der Waals surface area contributed by atoms with Gasteiger partial charge < -0.3 is 33.6 Å². The van der Waals surface area contributed by atoms with Crippen LogP contribution in [0.15, 0.2) is 30.3 Å². The quantitative estimate of drug-likeness (QED) is 0.399. The van der Waals surface area contributed by atoms with Crippen LogP contribution in [-0.4, -0.2) is 121 Å². The second-order valence-corrected chi connectivity index (χ2v) is 13.1. The number of fused-ring (bicyclic) bond motifs is 1. The summed E-state index contributed by atoms with van der Waals surface area (Å²) in [5, 5.41) is 0. The Morgan fingerprint density at radius 1 is 1.04 bits per heavy atom. The molecule has 248 valence electrons. The van der Waals surface area contributed by atoms with E-state index in [1.54, 1.807) is 16.9 Å². The fourth-order valence-electron chi connectivity index (χ4n) is 6.12. The van der Waals surface area contributed by atoms with Crippen molar-refractivity contribution in [2.45, 2.75) is 70.6 Å². The Balaban J connectivity index is 1.36. The summed E-state index contributed by atoms with van der Waals surface area (Å²) in [6.45, 7) is 16.6. The molecular formula is C33H45N7O6. The molecule has 0 aliphatic carbocycles. The Bertz CT molecular complexity index is 1410. The summed E-state index contributed by atoms with van der Waals surface area (Å²) in [6, 6.07) is 9.60. The average molecular weight is 636 g/mol. The highest BCUT2D eigenvalue weighted by Gasteiger charge is 2.38. The van der Waals surface area contributed by atoms with Crippen molar-refractivity contribution in [2.75, 3.05) is 64.9 Å². The zero-order chi connectivity index (χ0) is 32.8.